The minimum atomic E-state index is 0. The summed E-state index contributed by atoms with van der Waals surface area (Å²) in [6.45, 7) is 14.2. The maximum Gasteiger partial charge on any atom is -1.00 e. The summed E-state index contributed by atoms with van der Waals surface area (Å²) in [7, 11) is 0. The molecule has 0 aromatic heterocycles. The summed E-state index contributed by atoms with van der Waals surface area (Å²) in [5.41, 5.74) is 4.87. The molecule has 0 spiro atoms. The predicted molar refractivity (Wildman–Crippen MR) is 96.7 cm³/mol. The first kappa shape index (κ1) is 24.6. The number of hydrogen-bond acceptors (Lipinski definition) is 1. The minimum absolute atomic E-state index is 0. The monoisotopic (exact) mass is 419 g/mol. The Labute approximate surface area is 177 Å². The van der Waals surface area contributed by atoms with Crippen molar-refractivity contribution in [2.24, 2.45) is 10.8 Å². The zero-order chi connectivity index (χ0) is 16.8. The van der Waals surface area contributed by atoms with E-state index in [0.717, 1.165) is 12.8 Å². The van der Waals surface area contributed by atoms with E-state index in [2.05, 4.69) is 92.5 Å². The fourth-order valence-electron chi connectivity index (χ4n) is 3.99. The Kier molecular flexibility index (Phi) is 8.74. The molecule has 133 valence electrons. The van der Waals surface area contributed by atoms with Gasteiger partial charge in [-0.1, -0.05) is 0 Å². The van der Waals surface area contributed by atoms with Gasteiger partial charge in [0.05, 0.1) is 0 Å². The fraction of sp³-hybridized carbons (Fsp3) is 0.600. The maximum atomic E-state index is 2.45. The van der Waals surface area contributed by atoms with Crippen LogP contribution in [0.25, 0.3) is 0 Å². The smallest absolute Gasteiger partial charge is 1.00 e. The Balaban J connectivity index is 0.00000264. The van der Waals surface area contributed by atoms with Crippen molar-refractivity contribution < 1.29 is 45.2 Å². The number of halogens is 2. The number of thioether (sulfide) groups is 1. The van der Waals surface area contributed by atoms with E-state index in [1.807, 2.05) is 11.8 Å². The molecule has 0 saturated heterocycles. The van der Waals surface area contributed by atoms with Crippen molar-refractivity contribution in [2.75, 3.05) is 6.26 Å². The van der Waals surface area contributed by atoms with Crippen molar-refractivity contribution in [3.05, 3.63) is 44.9 Å². The van der Waals surface area contributed by atoms with Gasteiger partial charge >= 0.3 is 153 Å². The Morgan fingerprint density at radius 2 is 1.71 bits per heavy atom. The van der Waals surface area contributed by atoms with E-state index in [1.165, 1.54) is 9.45 Å². The van der Waals surface area contributed by atoms with Gasteiger partial charge in [-0.3, -0.25) is 0 Å². The largest absolute Gasteiger partial charge is 1.00 e. The molecule has 0 fully saturated rings. The molecule has 0 nitrogen and oxygen atoms in total. The van der Waals surface area contributed by atoms with Gasteiger partial charge in [-0.05, 0) is 0 Å². The van der Waals surface area contributed by atoms with Crippen LogP contribution in [0.5, 0.6) is 0 Å². The average Bonchev–Trinajstić information content (AvgIpc) is 2.84. The van der Waals surface area contributed by atoms with Crippen LogP contribution < -0.4 is 24.8 Å². The van der Waals surface area contributed by atoms with Crippen molar-refractivity contribution in [2.45, 2.75) is 59.1 Å². The summed E-state index contributed by atoms with van der Waals surface area (Å²) in [6.07, 6.45) is 14.1. The molecule has 0 aromatic rings. The number of allylic oxidation sites excluding steroid dienone is 7. The Morgan fingerprint density at radius 1 is 1.12 bits per heavy atom. The Bertz CT molecular complexity index is 591. The SMILES string of the molecule is CSC1(C(C)(C)C2=[C]([Ti+2])CC=C2)CC=C(C)C=C1C(C)(C)C.[Cl-].[Cl-]. The van der Waals surface area contributed by atoms with Crippen LogP contribution in [0.1, 0.15) is 54.4 Å². The summed E-state index contributed by atoms with van der Waals surface area (Å²) in [5, 5.41) is 0. The third-order valence-electron chi connectivity index (χ3n) is 5.29. The molecular weight excluding hydrogens is 391 g/mol. The van der Waals surface area contributed by atoms with Gasteiger partial charge in [0.25, 0.3) is 0 Å². The van der Waals surface area contributed by atoms with Gasteiger partial charge in [-0.25, -0.2) is 0 Å². The first-order valence-electron chi connectivity index (χ1n) is 8.12. The Morgan fingerprint density at radius 3 is 2.12 bits per heavy atom. The normalized spacial score (nSPS) is 24.2. The third-order valence-corrected chi connectivity index (χ3v) is 7.62. The number of rotatable bonds is 3. The molecule has 0 bridgehead atoms. The fourth-order valence-corrected chi connectivity index (χ4v) is 6.25. The summed E-state index contributed by atoms with van der Waals surface area (Å²) >= 11 is 4.35. The molecule has 2 aliphatic carbocycles. The molecule has 4 heteroatoms. The quantitative estimate of drug-likeness (QED) is 0.589. The van der Waals surface area contributed by atoms with E-state index in [9.17, 15) is 0 Å². The van der Waals surface area contributed by atoms with Gasteiger partial charge in [0.2, 0.25) is 0 Å². The van der Waals surface area contributed by atoms with Gasteiger partial charge in [-0.2, -0.15) is 0 Å². The zero-order valence-corrected chi connectivity index (χ0v) is 19.8. The number of hydrogen-bond donors (Lipinski definition) is 0. The van der Waals surface area contributed by atoms with E-state index in [1.54, 1.807) is 11.1 Å². The molecule has 0 amide bonds. The molecule has 2 aliphatic rings. The van der Waals surface area contributed by atoms with Crippen LogP contribution in [0.4, 0.5) is 0 Å². The topological polar surface area (TPSA) is 0 Å². The summed E-state index contributed by atoms with van der Waals surface area (Å²) in [6, 6.07) is 0. The van der Waals surface area contributed by atoms with Gasteiger partial charge in [-0.15, -0.1) is 0 Å². The first-order chi connectivity index (χ1) is 10.1. The van der Waals surface area contributed by atoms with E-state index < -0.39 is 0 Å². The third kappa shape index (κ3) is 4.12. The maximum absolute atomic E-state index is 2.45. The van der Waals surface area contributed by atoms with Crippen molar-refractivity contribution >= 4 is 11.8 Å². The van der Waals surface area contributed by atoms with Crippen LogP contribution >= 0.6 is 11.8 Å². The average molecular weight is 420 g/mol. The van der Waals surface area contributed by atoms with Crippen molar-refractivity contribution in [1.82, 2.24) is 0 Å². The molecule has 0 aliphatic heterocycles. The van der Waals surface area contributed by atoms with Crippen LogP contribution in [-0.2, 0) is 20.4 Å². The van der Waals surface area contributed by atoms with E-state index in [4.69, 9.17) is 0 Å². The molecule has 2 rings (SSSR count). The molecule has 0 saturated carbocycles. The van der Waals surface area contributed by atoms with Gasteiger partial charge in [0.1, 0.15) is 0 Å². The van der Waals surface area contributed by atoms with E-state index in [-0.39, 0.29) is 40.4 Å². The Hall–Kier alpha value is 0.604. The molecular formula is C20H29Cl2STi. The van der Waals surface area contributed by atoms with Crippen LogP contribution in [0.15, 0.2) is 44.9 Å². The van der Waals surface area contributed by atoms with E-state index >= 15 is 0 Å². The second-order valence-corrected chi connectivity index (χ2v) is 10.2. The van der Waals surface area contributed by atoms with Gasteiger partial charge in [0.15, 0.2) is 0 Å². The predicted octanol–water partition coefficient (Wildman–Crippen LogP) is 0.206. The molecule has 0 N–H and O–H groups in total. The van der Waals surface area contributed by atoms with Crippen molar-refractivity contribution in [3.63, 3.8) is 0 Å². The van der Waals surface area contributed by atoms with Crippen LogP contribution in [-0.4, -0.2) is 11.0 Å². The van der Waals surface area contributed by atoms with Crippen LogP contribution in [0.2, 0.25) is 0 Å². The summed E-state index contributed by atoms with van der Waals surface area (Å²) < 4.78 is 1.67. The molecule has 1 unspecified atom stereocenters. The second kappa shape index (κ2) is 8.53. The molecule has 1 atom stereocenters. The van der Waals surface area contributed by atoms with E-state index in [0.29, 0.717) is 0 Å². The van der Waals surface area contributed by atoms with Crippen molar-refractivity contribution in [1.29, 1.82) is 0 Å². The summed E-state index contributed by atoms with van der Waals surface area (Å²) in [5.74, 6) is 0. The van der Waals surface area contributed by atoms with Gasteiger partial charge in [0, 0.05) is 0 Å². The standard InChI is InChI=1S/C20H29S.2ClH.Ti/c1-15-12-13-20(21-7,17(14-15)18(2,3)4)19(5,6)16-10-8-9-11-16;;;/h8,10,12,14H,9,13H2,1-7H3;2*1H;/q;;;+2/p-2. The zero-order valence-electron chi connectivity index (χ0n) is 15.9. The van der Waals surface area contributed by atoms with Crippen LogP contribution in [0.3, 0.4) is 0 Å². The first-order valence-corrected chi connectivity index (χ1v) is 10.1. The summed E-state index contributed by atoms with van der Waals surface area (Å²) in [4.78, 5) is 0. The molecule has 0 heterocycles. The van der Waals surface area contributed by atoms with Crippen LogP contribution in [0, 0.1) is 10.8 Å². The second-order valence-electron chi connectivity index (χ2n) is 8.12. The molecule has 24 heavy (non-hydrogen) atoms. The molecule has 0 aromatic carbocycles. The molecule has 0 radical (unpaired) electrons. The minimum Gasteiger partial charge on any atom is -1.00 e. The van der Waals surface area contributed by atoms with Gasteiger partial charge < -0.3 is 24.8 Å². The van der Waals surface area contributed by atoms with Crippen molar-refractivity contribution in [3.8, 4) is 0 Å².